The summed E-state index contributed by atoms with van der Waals surface area (Å²) in [5.41, 5.74) is 0. The molecule has 0 heterocycles. The van der Waals surface area contributed by atoms with E-state index in [9.17, 15) is 0 Å². The van der Waals surface area contributed by atoms with E-state index in [1.807, 2.05) is 0 Å². The van der Waals surface area contributed by atoms with Crippen molar-refractivity contribution in [2.75, 3.05) is 0 Å². The van der Waals surface area contributed by atoms with Crippen molar-refractivity contribution in [3.63, 3.8) is 0 Å². The van der Waals surface area contributed by atoms with Gasteiger partial charge < -0.3 is 5.48 Å². The van der Waals surface area contributed by atoms with E-state index >= 15 is 0 Å². The second-order valence-corrected chi connectivity index (χ2v) is 0. The predicted molar refractivity (Wildman–Crippen MR) is 23.5 cm³/mol. The van der Waals surface area contributed by atoms with Crippen molar-refractivity contribution in [2.45, 2.75) is 0 Å². The van der Waals surface area contributed by atoms with Gasteiger partial charge >= 0.3 is 100 Å². The second kappa shape index (κ2) is 24.3. The summed E-state index contributed by atoms with van der Waals surface area (Å²) in [6.45, 7) is 0. The number of hydrogen-bond acceptors (Lipinski definition) is 0. The van der Waals surface area contributed by atoms with Gasteiger partial charge in [0.05, 0.1) is 0 Å². The first-order valence-corrected chi connectivity index (χ1v) is 0. The Kier molecular flexibility index (Phi) is 172. The van der Waals surface area contributed by atoms with E-state index in [1.54, 1.807) is 0 Å². The van der Waals surface area contributed by atoms with Crippen LogP contribution in [0.25, 0.3) is 0 Å². The Balaban J connectivity index is 0. The molecule has 0 aliphatic heterocycles. The van der Waals surface area contributed by atoms with Gasteiger partial charge in [-0.05, 0) is 0 Å². The minimum absolute atomic E-state index is 0. The SMILES string of the molecule is [Bi].[CaH2].[Cu+2].[O-2].[SrH2]. The number of hydrogen-bond donors (Lipinski definition) is 0. The molecular weight excluding hydrogens is 416 g/mol. The average Bonchev–Trinajstić information content (AvgIpc) is 0. The maximum absolute atomic E-state index is 0. The standard InChI is InChI=1S/Bi.Ca.Cu.O.Sr.4H/q;;+2;-2;;;;;. The molecule has 0 amide bonds. The molecule has 0 aliphatic rings. The first-order valence-electron chi connectivity index (χ1n) is 0. The van der Waals surface area contributed by atoms with Gasteiger partial charge in [-0.3, -0.25) is 0 Å². The Bertz CT molecular complexity index is 11.6. The molecule has 1 nitrogen and oxygen atoms in total. The van der Waals surface area contributed by atoms with Gasteiger partial charge in [-0.2, -0.15) is 0 Å². The van der Waals surface area contributed by atoms with E-state index in [0.29, 0.717) is 0 Å². The van der Waals surface area contributed by atoms with Gasteiger partial charge in [0.25, 0.3) is 0 Å². The minimum atomic E-state index is 0. The monoisotopic (exact) mass is 420 g/mol. The molecule has 0 bridgehead atoms. The third-order valence-electron chi connectivity index (χ3n) is 0. The molecule has 0 aromatic carbocycles. The zero-order chi connectivity index (χ0) is 0. The Labute approximate surface area is 128 Å². The van der Waals surface area contributed by atoms with E-state index in [1.165, 1.54) is 0 Å². The van der Waals surface area contributed by atoms with Crippen LogP contribution in [-0.2, 0) is 22.5 Å². The van der Waals surface area contributed by atoms with Crippen LogP contribution < -0.4 is 0 Å². The van der Waals surface area contributed by atoms with Crippen molar-refractivity contribution in [1.82, 2.24) is 0 Å². The summed E-state index contributed by atoms with van der Waals surface area (Å²) >= 11 is 0. The molecule has 0 saturated carbocycles. The molecule has 4 radical (unpaired) electrons. The van der Waals surface area contributed by atoms with Gasteiger partial charge in [0.15, 0.2) is 0 Å². The molecule has 5 heavy (non-hydrogen) atoms. The molecule has 0 N–H and O–H groups in total. The van der Waals surface area contributed by atoms with E-state index in [4.69, 9.17) is 0 Å². The van der Waals surface area contributed by atoms with Gasteiger partial charge in [0, 0.05) is 26.2 Å². The molecule has 0 aromatic heterocycles. The van der Waals surface area contributed by atoms with Crippen LogP contribution in [0.15, 0.2) is 0 Å². The summed E-state index contributed by atoms with van der Waals surface area (Å²) in [6.07, 6.45) is 0. The van der Waals surface area contributed by atoms with Crippen molar-refractivity contribution in [2.24, 2.45) is 0 Å². The predicted octanol–water partition coefficient (Wildman–Crippen LogP) is -2.33. The van der Waals surface area contributed by atoms with E-state index in [2.05, 4.69) is 0 Å². The van der Waals surface area contributed by atoms with Crippen LogP contribution in [0.3, 0.4) is 0 Å². The van der Waals surface area contributed by atoms with E-state index in [0.717, 1.165) is 0 Å². The van der Waals surface area contributed by atoms with Gasteiger partial charge in [0.2, 0.25) is 0 Å². The van der Waals surface area contributed by atoms with Crippen molar-refractivity contribution in [1.29, 1.82) is 0 Å². The Morgan fingerprint density at radius 2 is 1.00 bits per heavy atom. The number of rotatable bonds is 0. The quantitative estimate of drug-likeness (QED) is 0.394. The fourth-order valence-electron chi connectivity index (χ4n) is 0. The third kappa shape index (κ3) is 17.9. The van der Waals surface area contributed by atoms with Crippen molar-refractivity contribution >= 4 is 109 Å². The van der Waals surface area contributed by atoms with Gasteiger partial charge in [0.1, 0.15) is 0 Å². The molecule has 5 heteroatoms. The van der Waals surface area contributed by atoms with Crippen LogP contribution in [0.4, 0.5) is 0 Å². The van der Waals surface area contributed by atoms with Crippen LogP contribution in [-0.4, -0.2) is 109 Å². The summed E-state index contributed by atoms with van der Waals surface area (Å²) < 4.78 is 0. The van der Waals surface area contributed by atoms with Crippen molar-refractivity contribution in [3.05, 3.63) is 0 Å². The molecule has 0 saturated heterocycles. The molecule has 0 fully saturated rings. The zero-order valence-corrected chi connectivity index (χ0v) is 5.58. The van der Waals surface area contributed by atoms with Crippen molar-refractivity contribution < 1.29 is 22.5 Å². The van der Waals surface area contributed by atoms with Crippen LogP contribution in [0.2, 0.25) is 0 Å². The summed E-state index contributed by atoms with van der Waals surface area (Å²) in [5, 5.41) is 0. The summed E-state index contributed by atoms with van der Waals surface area (Å²) in [4.78, 5) is 0. The van der Waals surface area contributed by atoms with Gasteiger partial charge in [-0.25, -0.2) is 0 Å². The third-order valence-corrected chi connectivity index (χ3v) is 0. The molecule has 0 atom stereocenters. The normalized spacial score (nSPS) is 0. The van der Waals surface area contributed by atoms with E-state index < -0.39 is 0 Å². The molecule has 30 valence electrons. The van der Waals surface area contributed by atoms with Crippen LogP contribution in [0.1, 0.15) is 0 Å². The molecule has 0 unspecified atom stereocenters. The van der Waals surface area contributed by atoms with Crippen LogP contribution in [0, 0.1) is 0 Å². The Hall–Kier alpha value is 4.10. The molecule has 0 aliphatic carbocycles. The van der Waals surface area contributed by atoms with Crippen LogP contribution in [0.5, 0.6) is 0 Å². The summed E-state index contributed by atoms with van der Waals surface area (Å²) in [5.74, 6) is 0. The maximum atomic E-state index is 0. The second-order valence-electron chi connectivity index (χ2n) is 0. The Morgan fingerprint density at radius 3 is 1.00 bits per heavy atom. The topological polar surface area (TPSA) is 28.5 Å². The average molecular weight is 420 g/mol. The molecule has 0 rings (SSSR count). The van der Waals surface area contributed by atoms with Crippen molar-refractivity contribution in [3.8, 4) is 0 Å². The fourth-order valence-corrected chi connectivity index (χ4v) is 0. The van der Waals surface area contributed by atoms with Gasteiger partial charge in [-0.15, -0.1) is 0 Å². The van der Waals surface area contributed by atoms with E-state index in [-0.39, 0.29) is 132 Å². The molecular formula is H4BiCaCuOSr. The first kappa shape index (κ1) is 35.5. The van der Waals surface area contributed by atoms with Crippen LogP contribution >= 0.6 is 0 Å². The summed E-state index contributed by atoms with van der Waals surface area (Å²) in [7, 11) is 0. The fraction of sp³-hybridized carbons (Fsp3) is 0. The molecule has 0 spiro atoms. The summed E-state index contributed by atoms with van der Waals surface area (Å²) in [6, 6.07) is 0. The van der Waals surface area contributed by atoms with Gasteiger partial charge in [-0.1, -0.05) is 0 Å². The Morgan fingerprint density at radius 1 is 1.00 bits per heavy atom. The first-order chi connectivity index (χ1) is 0. The molecule has 0 aromatic rings. The zero-order valence-electron chi connectivity index (χ0n) is 1.16.